The molecule has 0 aromatic carbocycles. The van der Waals surface area contributed by atoms with Gasteiger partial charge in [0.25, 0.3) is 5.56 Å². The monoisotopic (exact) mass is 189 g/mol. The van der Waals surface area contributed by atoms with E-state index in [1.54, 1.807) is 0 Å². The number of nitrogens with one attached hydrogen (secondary N) is 2. The number of nitriles is 1. The zero-order chi connectivity index (χ0) is 10.1. The lowest BCUT2D eigenvalue weighted by atomic mass is 9.99. The van der Waals surface area contributed by atoms with Crippen LogP contribution in [0.15, 0.2) is 4.79 Å². The van der Waals surface area contributed by atoms with Crippen molar-refractivity contribution in [1.82, 2.24) is 10.3 Å². The fourth-order valence-corrected chi connectivity index (χ4v) is 1.84. The van der Waals surface area contributed by atoms with Gasteiger partial charge in [-0.05, 0) is 18.1 Å². The molecule has 0 unspecified atom stereocenters. The average molecular weight is 189 g/mol. The van der Waals surface area contributed by atoms with Crippen LogP contribution in [0.3, 0.4) is 0 Å². The summed E-state index contributed by atoms with van der Waals surface area (Å²) in [6.45, 7) is 3.46. The van der Waals surface area contributed by atoms with Crippen LogP contribution in [0.25, 0.3) is 0 Å². The first-order chi connectivity index (χ1) is 6.74. The summed E-state index contributed by atoms with van der Waals surface area (Å²) in [7, 11) is 0. The van der Waals surface area contributed by atoms with Gasteiger partial charge >= 0.3 is 0 Å². The largest absolute Gasteiger partial charge is 0.325 e. The maximum atomic E-state index is 11.4. The third-order valence-electron chi connectivity index (χ3n) is 2.65. The summed E-state index contributed by atoms with van der Waals surface area (Å²) in [6, 6.07) is 1.94. The molecular formula is C10H11N3O. The molecule has 4 heteroatoms. The average Bonchev–Trinajstić information content (AvgIpc) is 2.18. The van der Waals surface area contributed by atoms with Crippen molar-refractivity contribution in [3.05, 3.63) is 32.7 Å². The Balaban J connectivity index is 2.71. The Morgan fingerprint density at radius 3 is 3.00 bits per heavy atom. The molecule has 1 aromatic rings. The molecule has 0 saturated carbocycles. The number of hydrogen-bond acceptors (Lipinski definition) is 3. The second-order valence-electron chi connectivity index (χ2n) is 3.45. The number of aromatic amines is 1. The van der Waals surface area contributed by atoms with E-state index in [1.807, 2.05) is 13.0 Å². The number of hydrogen-bond donors (Lipinski definition) is 2. The summed E-state index contributed by atoms with van der Waals surface area (Å²) in [6.07, 6.45) is 0.830. The van der Waals surface area contributed by atoms with E-state index in [0.29, 0.717) is 0 Å². The highest BCUT2D eigenvalue weighted by Gasteiger charge is 2.16. The van der Waals surface area contributed by atoms with Crippen LogP contribution < -0.4 is 10.9 Å². The normalized spacial score (nSPS) is 14.6. The lowest BCUT2D eigenvalue weighted by molar-refractivity contribution is 0.624. The zero-order valence-electron chi connectivity index (χ0n) is 7.98. The molecule has 1 aromatic heterocycles. The van der Waals surface area contributed by atoms with Crippen LogP contribution in [0.1, 0.15) is 22.4 Å². The van der Waals surface area contributed by atoms with Crippen molar-refractivity contribution in [2.75, 3.05) is 6.54 Å². The molecule has 0 aliphatic carbocycles. The van der Waals surface area contributed by atoms with Crippen LogP contribution >= 0.6 is 0 Å². The fraction of sp³-hybridized carbons (Fsp3) is 0.400. The SMILES string of the molecule is Cc1c2c([nH]c(=O)c1C#N)CCNC2. The van der Waals surface area contributed by atoms with Crippen molar-refractivity contribution < 1.29 is 0 Å². The number of pyridine rings is 1. The van der Waals surface area contributed by atoms with E-state index in [0.717, 1.165) is 36.3 Å². The molecule has 0 spiro atoms. The molecule has 14 heavy (non-hydrogen) atoms. The molecule has 0 saturated heterocycles. The molecule has 0 fully saturated rings. The maximum absolute atomic E-state index is 11.4. The van der Waals surface area contributed by atoms with Crippen LogP contribution in [0.4, 0.5) is 0 Å². The van der Waals surface area contributed by atoms with Crippen LogP contribution in [0.5, 0.6) is 0 Å². The van der Waals surface area contributed by atoms with Crippen molar-refractivity contribution in [1.29, 1.82) is 5.26 Å². The Hall–Kier alpha value is -1.60. The van der Waals surface area contributed by atoms with Crippen molar-refractivity contribution in [2.45, 2.75) is 19.9 Å². The van der Waals surface area contributed by atoms with E-state index in [-0.39, 0.29) is 11.1 Å². The van der Waals surface area contributed by atoms with Crippen molar-refractivity contribution in [2.24, 2.45) is 0 Å². The quantitative estimate of drug-likeness (QED) is 0.612. The minimum Gasteiger partial charge on any atom is -0.325 e. The topological polar surface area (TPSA) is 68.7 Å². The highest BCUT2D eigenvalue weighted by molar-refractivity contribution is 5.43. The predicted octanol–water partition coefficient (Wildman–Crippen LogP) is 0.201. The molecule has 1 aliphatic heterocycles. The van der Waals surface area contributed by atoms with Gasteiger partial charge < -0.3 is 10.3 Å². The summed E-state index contributed by atoms with van der Waals surface area (Å²) in [5, 5.41) is 12.0. The highest BCUT2D eigenvalue weighted by atomic mass is 16.1. The molecule has 1 aliphatic rings. The van der Waals surface area contributed by atoms with Gasteiger partial charge in [-0.1, -0.05) is 0 Å². The minimum atomic E-state index is -0.259. The lowest BCUT2D eigenvalue weighted by Crippen LogP contribution is -2.29. The molecule has 72 valence electrons. The summed E-state index contributed by atoms with van der Waals surface area (Å²) in [4.78, 5) is 14.2. The molecule has 2 heterocycles. The lowest BCUT2D eigenvalue weighted by Gasteiger charge is -2.18. The van der Waals surface area contributed by atoms with Gasteiger partial charge in [0.15, 0.2) is 0 Å². The Bertz CT molecular complexity index is 467. The zero-order valence-corrected chi connectivity index (χ0v) is 7.98. The van der Waals surface area contributed by atoms with Gasteiger partial charge in [-0.3, -0.25) is 4.79 Å². The van der Waals surface area contributed by atoms with Crippen molar-refractivity contribution >= 4 is 0 Å². The van der Waals surface area contributed by atoms with Crippen LogP contribution in [0.2, 0.25) is 0 Å². The molecule has 0 atom stereocenters. The first-order valence-corrected chi connectivity index (χ1v) is 4.59. The first-order valence-electron chi connectivity index (χ1n) is 4.59. The minimum absolute atomic E-state index is 0.243. The Labute approximate surface area is 81.6 Å². The van der Waals surface area contributed by atoms with Crippen molar-refractivity contribution in [3.8, 4) is 6.07 Å². The van der Waals surface area contributed by atoms with Crippen molar-refractivity contribution in [3.63, 3.8) is 0 Å². The molecule has 2 rings (SSSR count). The van der Waals surface area contributed by atoms with Gasteiger partial charge in [-0.25, -0.2) is 0 Å². The summed E-state index contributed by atoms with van der Waals surface area (Å²) in [5.41, 5.74) is 2.86. The number of nitrogens with zero attached hydrogens (tertiary/aromatic N) is 1. The highest BCUT2D eigenvalue weighted by Crippen LogP contribution is 2.15. The summed E-state index contributed by atoms with van der Waals surface area (Å²) >= 11 is 0. The third-order valence-corrected chi connectivity index (χ3v) is 2.65. The standard InChI is InChI=1S/C10H11N3O/c1-6-7(4-11)10(14)13-9-2-3-12-5-8(6)9/h12H,2-3,5H2,1H3,(H,13,14). The molecule has 0 amide bonds. The van der Waals surface area contributed by atoms with Crippen LogP contribution in [0, 0.1) is 18.3 Å². The second-order valence-corrected chi connectivity index (χ2v) is 3.45. The number of rotatable bonds is 0. The Morgan fingerprint density at radius 2 is 2.29 bits per heavy atom. The van der Waals surface area contributed by atoms with Crippen LogP contribution in [-0.4, -0.2) is 11.5 Å². The fourth-order valence-electron chi connectivity index (χ4n) is 1.84. The maximum Gasteiger partial charge on any atom is 0.266 e. The van der Waals surface area contributed by atoms with E-state index in [4.69, 9.17) is 5.26 Å². The smallest absolute Gasteiger partial charge is 0.266 e. The van der Waals surface area contributed by atoms with E-state index in [2.05, 4.69) is 10.3 Å². The van der Waals surface area contributed by atoms with Gasteiger partial charge in [-0.15, -0.1) is 0 Å². The predicted molar refractivity (Wildman–Crippen MR) is 51.9 cm³/mol. The molecule has 0 radical (unpaired) electrons. The Kier molecular flexibility index (Phi) is 2.10. The number of fused-ring (bicyclic) bond motifs is 1. The first kappa shape index (κ1) is 8.97. The second kappa shape index (κ2) is 3.28. The van der Waals surface area contributed by atoms with E-state index in [9.17, 15) is 4.79 Å². The molecule has 4 nitrogen and oxygen atoms in total. The van der Waals surface area contributed by atoms with E-state index >= 15 is 0 Å². The van der Waals surface area contributed by atoms with E-state index in [1.165, 1.54) is 0 Å². The summed E-state index contributed by atoms with van der Waals surface area (Å²) in [5.74, 6) is 0. The van der Waals surface area contributed by atoms with Crippen LogP contribution in [-0.2, 0) is 13.0 Å². The van der Waals surface area contributed by atoms with Gasteiger partial charge in [0.05, 0.1) is 0 Å². The summed E-state index contributed by atoms with van der Waals surface area (Å²) < 4.78 is 0. The van der Waals surface area contributed by atoms with Gasteiger partial charge in [-0.2, -0.15) is 5.26 Å². The number of aromatic nitrogens is 1. The van der Waals surface area contributed by atoms with E-state index < -0.39 is 0 Å². The molecular weight excluding hydrogens is 178 g/mol. The molecule has 0 bridgehead atoms. The Morgan fingerprint density at radius 1 is 1.50 bits per heavy atom. The van der Waals surface area contributed by atoms with Gasteiger partial charge in [0.1, 0.15) is 11.6 Å². The number of H-pyrrole nitrogens is 1. The molecule has 2 N–H and O–H groups in total. The van der Waals surface area contributed by atoms with Gasteiger partial charge in [0.2, 0.25) is 0 Å². The third kappa shape index (κ3) is 1.22. The van der Waals surface area contributed by atoms with Gasteiger partial charge in [0, 0.05) is 25.2 Å².